The van der Waals surface area contributed by atoms with Crippen LogP contribution in [0.25, 0.3) is 0 Å². The molecule has 2 heteroatoms. The fourth-order valence-electron chi connectivity index (χ4n) is 2.21. The van der Waals surface area contributed by atoms with Crippen LogP contribution in [0.2, 0.25) is 0 Å². The second-order valence-electron chi connectivity index (χ2n) is 5.36. The van der Waals surface area contributed by atoms with Gasteiger partial charge in [0.1, 0.15) is 0 Å². The molecule has 2 unspecified atom stereocenters. The van der Waals surface area contributed by atoms with Crippen LogP contribution in [0.3, 0.4) is 0 Å². The molecule has 0 heterocycles. The maximum absolute atomic E-state index is 5.86. The lowest BCUT2D eigenvalue weighted by Gasteiger charge is -2.34. The SMILES string of the molecule is CCCCCCCCC(C)C(C)(CS)OCC. The van der Waals surface area contributed by atoms with Gasteiger partial charge in [0.15, 0.2) is 0 Å². The van der Waals surface area contributed by atoms with Gasteiger partial charge in [-0.2, -0.15) is 12.6 Å². The highest BCUT2D eigenvalue weighted by atomic mass is 32.1. The lowest BCUT2D eigenvalue weighted by atomic mass is 9.87. The summed E-state index contributed by atoms with van der Waals surface area (Å²) >= 11 is 4.44. The molecule has 0 rings (SSSR count). The molecule has 0 fully saturated rings. The third-order valence-corrected chi connectivity index (χ3v) is 4.45. The molecule has 0 bridgehead atoms. The lowest BCUT2D eigenvalue weighted by Crippen LogP contribution is -2.38. The second kappa shape index (κ2) is 10.3. The Morgan fingerprint density at radius 3 is 2.18 bits per heavy atom. The number of unbranched alkanes of at least 4 members (excludes halogenated alkanes) is 5. The van der Waals surface area contributed by atoms with Gasteiger partial charge in [-0.1, -0.05) is 52.4 Å². The summed E-state index contributed by atoms with van der Waals surface area (Å²) in [6.45, 7) is 9.63. The molecule has 0 aromatic carbocycles. The molecule has 0 saturated heterocycles. The third kappa shape index (κ3) is 7.35. The molecular weight excluding hydrogens is 228 g/mol. The van der Waals surface area contributed by atoms with Crippen LogP contribution < -0.4 is 0 Å². The average Bonchev–Trinajstić information content (AvgIpc) is 2.33. The largest absolute Gasteiger partial charge is 0.374 e. The predicted molar refractivity (Wildman–Crippen MR) is 81.0 cm³/mol. The maximum Gasteiger partial charge on any atom is 0.0767 e. The third-order valence-electron chi connectivity index (χ3n) is 3.82. The summed E-state index contributed by atoms with van der Waals surface area (Å²) in [7, 11) is 0. The van der Waals surface area contributed by atoms with Crippen molar-refractivity contribution in [1.29, 1.82) is 0 Å². The minimum Gasteiger partial charge on any atom is -0.374 e. The zero-order valence-electron chi connectivity index (χ0n) is 12.3. The van der Waals surface area contributed by atoms with Crippen molar-refractivity contribution in [3.05, 3.63) is 0 Å². The van der Waals surface area contributed by atoms with E-state index >= 15 is 0 Å². The van der Waals surface area contributed by atoms with Gasteiger partial charge in [0.05, 0.1) is 5.60 Å². The Morgan fingerprint density at radius 2 is 1.65 bits per heavy atom. The fourth-order valence-corrected chi connectivity index (χ4v) is 2.61. The number of ether oxygens (including phenoxy) is 1. The summed E-state index contributed by atoms with van der Waals surface area (Å²) < 4.78 is 5.86. The summed E-state index contributed by atoms with van der Waals surface area (Å²) in [6, 6.07) is 0. The molecule has 0 spiro atoms. The van der Waals surface area contributed by atoms with Crippen molar-refractivity contribution in [3.63, 3.8) is 0 Å². The molecule has 104 valence electrons. The first-order valence-electron chi connectivity index (χ1n) is 7.35. The van der Waals surface area contributed by atoms with E-state index in [1.165, 1.54) is 44.9 Å². The number of thiol groups is 1. The highest BCUT2D eigenvalue weighted by Crippen LogP contribution is 2.28. The fraction of sp³-hybridized carbons (Fsp3) is 1.00. The first-order valence-corrected chi connectivity index (χ1v) is 7.98. The Labute approximate surface area is 114 Å². The Kier molecular flexibility index (Phi) is 10.4. The van der Waals surface area contributed by atoms with Crippen LogP contribution in [0.15, 0.2) is 0 Å². The van der Waals surface area contributed by atoms with Crippen LogP contribution in [-0.4, -0.2) is 18.0 Å². The topological polar surface area (TPSA) is 9.23 Å². The predicted octanol–water partition coefficient (Wildman–Crippen LogP) is 5.10. The smallest absolute Gasteiger partial charge is 0.0767 e. The number of rotatable bonds is 11. The van der Waals surface area contributed by atoms with Gasteiger partial charge in [0, 0.05) is 12.4 Å². The first kappa shape index (κ1) is 17.3. The summed E-state index contributed by atoms with van der Waals surface area (Å²) in [5.74, 6) is 1.42. The van der Waals surface area contributed by atoms with Gasteiger partial charge in [0.25, 0.3) is 0 Å². The Morgan fingerprint density at radius 1 is 1.06 bits per heavy atom. The highest BCUT2D eigenvalue weighted by Gasteiger charge is 2.29. The highest BCUT2D eigenvalue weighted by molar-refractivity contribution is 7.80. The van der Waals surface area contributed by atoms with Crippen LogP contribution in [0.4, 0.5) is 0 Å². The summed E-state index contributed by atoms with van der Waals surface area (Å²) in [4.78, 5) is 0. The molecule has 0 aliphatic rings. The van der Waals surface area contributed by atoms with Crippen molar-refractivity contribution < 1.29 is 4.74 Å². The van der Waals surface area contributed by atoms with E-state index in [1.54, 1.807) is 0 Å². The van der Waals surface area contributed by atoms with Crippen LogP contribution in [-0.2, 0) is 4.74 Å². The van der Waals surface area contributed by atoms with Crippen molar-refractivity contribution in [2.75, 3.05) is 12.4 Å². The lowest BCUT2D eigenvalue weighted by molar-refractivity contribution is -0.0476. The van der Waals surface area contributed by atoms with E-state index in [0.717, 1.165) is 12.4 Å². The van der Waals surface area contributed by atoms with Crippen LogP contribution in [0.5, 0.6) is 0 Å². The van der Waals surface area contributed by atoms with E-state index in [9.17, 15) is 0 Å². The molecule has 0 amide bonds. The Hall–Kier alpha value is 0.310. The van der Waals surface area contributed by atoms with Crippen LogP contribution in [0, 0.1) is 5.92 Å². The summed E-state index contributed by atoms with van der Waals surface area (Å²) in [6.07, 6.45) is 9.50. The zero-order valence-corrected chi connectivity index (χ0v) is 13.2. The average molecular weight is 260 g/mol. The molecule has 0 aliphatic heterocycles. The van der Waals surface area contributed by atoms with E-state index in [0.29, 0.717) is 5.92 Å². The molecule has 0 N–H and O–H groups in total. The van der Waals surface area contributed by atoms with Crippen LogP contribution >= 0.6 is 12.6 Å². The normalized spacial score (nSPS) is 16.8. The van der Waals surface area contributed by atoms with E-state index < -0.39 is 0 Å². The molecule has 0 radical (unpaired) electrons. The number of hydrogen-bond donors (Lipinski definition) is 1. The van der Waals surface area contributed by atoms with E-state index in [2.05, 4.69) is 40.3 Å². The molecule has 0 aromatic rings. The minimum atomic E-state index is -0.0404. The van der Waals surface area contributed by atoms with Gasteiger partial charge in [0.2, 0.25) is 0 Å². The van der Waals surface area contributed by atoms with Gasteiger partial charge < -0.3 is 4.74 Å². The van der Waals surface area contributed by atoms with Crippen molar-refractivity contribution >= 4 is 12.6 Å². The van der Waals surface area contributed by atoms with Crippen LogP contribution in [0.1, 0.15) is 72.6 Å². The minimum absolute atomic E-state index is 0.0404. The molecule has 1 nitrogen and oxygen atoms in total. The van der Waals surface area contributed by atoms with Crippen molar-refractivity contribution in [2.24, 2.45) is 5.92 Å². The first-order chi connectivity index (χ1) is 8.10. The summed E-state index contributed by atoms with van der Waals surface area (Å²) in [5, 5.41) is 0. The molecule has 0 aliphatic carbocycles. The van der Waals surface area contributed by atoms with Crippen molar-refractivity contribution in [1.82, 2.24) is 0 Å². The van der Waals surface area contributed by atoms with Gasteiger partial charge in [-0.05, 0) is 26.2 Å². The standard InChI is InChI=1S/C15H32OS/c1-5-7-8-9-10-11-12-14(3)15(4,13-17)16-6-2/h14,17H,5-13H2,1-4H3. The number of hydrogen-bond acceptors (Lipinski definition) is 2. The monoisotopic (exact) mass is 260 g/mol. The van der Waals surface area contributed by atoms with Gasteiger partial charge >= 0.3 is 0 Å². The van der Waals surface area contributed by atoms with E-state index in [1.807, 2.05) is 0 Å². The van der Waals surface area contributed by atoms with Gasteiger partial charge in [-0.3, -0.25) is 0 Å². The van der Waals surface area contributed by atoms with Gasteiger partial charge in [-0.15, -0.1) is 0 Å². The molecule has 0 aromatic heterocycles. The Balaban J connectivity index is 3.71. The molecule has 2 atom stereocenters. The van der Waals surface area contributed by atoms with Crippen molar-refractivity contribution in [2.45, 2.75) is 78.2 Å². The summed E-state index contributed by atoms with van der Waals surface area (Å²) in [5.41, 5.74) is -0.0404. The van der Waals surface area contributed by atoms with E-state index in [4.69, 9.17) is 4.74 Å². The van der Waals surface area contributed by atoms with Crippen molar-refractivity contribution in [3.8, 4) is 0 Å². The zero-order chi connectivity index (χ0) is 13.1. The maximum atomic E-state index is 5.86. The quantitative estimate of drug-likeness (QED) is 0.402. The molecular formula is C15H32OS. The Bertz CT molecular complexity index is 172. The van der Waals surface area contributed by atoms with E-state index in [-0.39, 0.29) is 5.60 Å². The van der Waals surface area contributed by atoms with Gasteiger partial charge in [-0.25, -0.2) is 0 Å². The molecule has 17 heavy (non-hydrogen) atoms. The molecule has 0 saturated carbocycles. The second-order valence-corrected chi connectivity index (χ2v) is 5.68.